The Morgan fingerprint density at radius 3 is 2.59 bits per heavy atom. The van der Waals surface area contributed by atoms with Crippen molar-refractivity contribution in [3.05, 3.63) is 53.1 Å². The molecule has 4 heteroatoms. The van der Waals surface area contributed by atoms with E-state index in [1.165, 1.54) is 36.0 Å². The summed E-state index contributed by atoms with van der Waals surface area (Å²) in [4.78, 5) is 9.66. The molecule has 1 aliphatic carbocycles. The summed E-state index contributed by atoms with van der Waals surface area (Å²) in [5.41, 5.74) is 5.30. The molecule has 22 heavy (non-hydrogen) atoms. The van der Waals surface area contributed by atoms with Gasteiger partial charge in [0.1, 0.15) is 12.4 Å². The van der Waals surface area contributed by atoms with Crippen molar-refractivity contribution in [2.24, 2.45) is 5.16 Å². The van der Waals surface area contributed by atoms with Gasteiger partial charge in [0.2, 0.25) is 0 Å². The zero-order valence-corrected chi connectivity index (χ0v) is 13.5. The number of nitrogens with zero attached hydrogens (tertiary/aromatic N) is 3. The van der Waals surface area contributed by atoms with Gasteiger partial charge < -0.3 is 4.84 Å². The molecule has 1 aliphatic rings. The van der Waals surface area contributed by atoms with E-state index in [-0.39, 0.29) is 6.10 Å². The van der Waals surface area contributed by atoms with Crippen LogP contribution in [0.1, 0.15) is 48.9 Å². The van der Waals surface area contributed by atoms with Gasteiger partial charge in [-0.15, -0.1) is 0 Å². The SMILES string of the molecule is Cc1cc2c(cc1/C(=N/OC(C)C)n1ccnc1)CCCC2. The molecule has 0 unspecified atom stereocenters. The first-order valence-electron chi connectivity index (χ1n) is 8.00. The van der Waals surface area contributed by atoms with E-state index in [4.69, 9.17) is 4.84 Å². The van der Waals surface area contributed by atoms with E-state index in [2.05, 4.69) is 29.2 Å². The van der Waals surface area contributed by atoms with E-state index in [1.807, 2.05) is 24.6 Å². The molecule has 0 saturated heterocycles. The number of imidazole rings is 1. The largest absolute Gasteiger partial charge is 0.391 e. The van der Waals surface area contributed by atoms with Crippen LogP contribution in [0.25, 0.3) is 0 Å². The summed E-state index contributed by atoms with van der Waals surface area (Å²) in [6.45, 7) is 6.11. The molecular formula is C18H23N3O. The summed E-state index contributed by atoms with van der Waals surface area (Å²) >= 11 is 0. The molecule has 0 radical (unpaired) electrons. The first-order chi connectivity index (χ1) is 10.6. The van der Waals surface area contributed by atoms with Crippen molar-refractivity contribution in [1.29, 1.82) is 0 Å². The van der Waals surface area contributed by atoms with Gasteiger partial charge in [-0.05, 0) is 69.2 Å². The number of aryl methyl sites for hydroxylation is 3. The Hall–Kier alpha value is -2.10. The normalized spacial score (nSPS) is 15.0. The molecule has 4 nitrogen and oxygen atoms in total. The number of hydrogen-bond donors (Lipinski definition) is 0. The first kappa shape index (κ1) is 14.8. The van der Waals surface area contributed by atoms with E-state index in [0.717, 1.165) is 17.8 Å². The second kappa shape index (κ2) is 6.34. The highest BCUT2D eigenvalue weighted by Gasteiger charge is 2.16. The van der Waals surface area contributed by atoms with Gasteiger partial charge in [0.05, 0.1) is 0 Å². The number of hydrogen-bond acceptors (Lipinski definition) is 3. The van der Waals surface area contributed by atoms with Gasteiger partial charge in [0.15, 0.2) is 5.84 Å². The molecule has 2 aromatic rings. The van der Waals surface area contributed by atoms with E-state index in [9.17, 15) is 0 Å². The molecule has 0 fully saturated rings. The van der Waals surface area contributed by atoms with Gasteiger partial charge >= 0.3 is 0 Å². The lowest BCUT2D eigenvalue weighted by atomic mass is 9.88. The molecule has 0 saturated carbocycles. The molecule has 0 spiro atoms. The highest BCUT2D eigenvalue weighted by Crippen LogP contribution is 2.25. The van der Waals surface area contributed by atoms with Gasteiger partial charge in [0, 0.05) is 18.0 Å². The fourth-order valence-corrected chi connectivity index (χ4v) is 2.92. The van der Waals surface area contributed by atoms with Crippen LogP contribution in [0.4, 0.5) is 0 Å². The molecule has 0 atom stereocenters. The van der Waals surface area contributed by atoms with Crippen molar-refractivity contribution in [2.75, 3.05) is 0 Å². The zero-order chi connectivity index (χ0) is 15.5. The van der Waals surface area contributed by atoms with Crippen LogP contribution in [0.5, 0.6) is 0 Å². The smallest absolute Gasteiger partial charge is 0.185 e. The van der Waals surface area contributed by atoms with Gasteiger partial charge in [-0.3, -0.25) is 4.57 Å². The minimum atomic E-state index is 0.0523. The quantitative estimate of drug-likeness (QED) is 0.492. The Labute approximate surface area is 131 Å². The van der Waals surface area contributed by atoms with E-state index < -0.39 is 0 Å². The standard InChI is InChI=1S/C18H23N3O/c1-13(2)22-20-18(21-9-8-19-12-21)17-11-16-7-5-4-6-15(16)10-14(17)3/h8-13H,4-7H2,1-3H3/b20-18-. The molecule has 1 aromatic carbocycles. The van der Waals surface area contributed by atoms with Crippen LogP contribution in [-0.2, 0) is 17.7 Å². The Balaban J connectivity index is 2.06. The Morgan fingerprint density at radius 2 is 1.95 bits per heavy atom. The van der Waals surface area contributed by atoms with Gasteiger partial charge in [-0.2, -0.15) is 0 Å². The van der Waals surface area contributed by atoms with Crippen LogP contribution in [0.2, 0.25) is 0 Å². The summed E-state index contributed by atoms with van der Waals surface area (Å²) in [6, 6.07) is 4.60. The Kier molecular flexibility index (Phi) is 4.27. The Morgan fingerprint density at radius 1 is 1.23 bits per heavy atom. The van der Waals surface area contributed by atoms with Crippen LogP contribution in [0.15, 0.2) is 36.0 Å². The average molecular weight is 297 g/mol. The Bertz CT molecular complexity index is 672. The molecule has 3 rings (SSSR count). The monoisotopic (exact) mass is 297 g/mol. The predicted octanol–water partition coefficient (Wildman–Crippen LogP) is 3.71. The maximum Gasteiger partial charge on any atom is 0.185 e. The number of benzene rings is 1. The fourth-order valence-electron chi connectivity index (χ4n) is 2.92. The lowest BCUT2D eigenvalue weighted by Gasteiger charge is -2.19. The minimum Gasteiger partial charge on any atom is -0.391 e. The van der Waals surface area contributed by atoms with Crippen LogP contribution in [0, 0.1) is 6.92 Å². The van der Waals surface area contributed by atoms with Crippen LogP contribution >= 0.6 is 0 Å². The molecule has 0 N–H and O–H groups in total. The zero-order valence-electron chi connectivity index (χ0n) is 13.5. The average Bonchev–Trinajstić information content (AvgIpc) is 3.01. The van der Waals surface area contributed by atoms with Crippen LogP contribution < -0.4 is 0 Å². The van der Waals surface area contributed by atoms with E-state index in [1.54, 1.807) is 12.5 Å². The molecule has 0 aliphatic heterocycles. The summed E-state index contributed by atoms with van der Waals surface area (Å²) in [5.74, 6) is 0.803. The third-order valence-corrected chi connectivity index (χ3v) is 4.03. The minimum absolute atomic E-state index is 0.0523. The fraction of sp³-hybridized carbons (Fsp3) is 0.444. The highest BCUT2D eigenvalue weighted by molar-refractivity contribution is 6.01. The number of oxime groups is 1. The van der Waals surface area contributed by atoms with Crippen molar-refractivity contribution in [2.45, 2.75) is 52.6 Å². The number of aromatic nitrogens is 2. The molecular weight excluding hydrogens is 274 g/mol. The van der Waals surface area contributed by atoms with Crippen molar-refractivity contribution in [3.63, 3.8) is 0 Å². The summed E-state index contributed by atoms with van der Waals surface area (Å²) in [7, 11) is 0. The maximum atomic E-state index is 5.52. The summed E-state index contributed by atoms with van der Waals surface area (Å²) < 4.78 is 1.92. The van der Waals surface area contributed by atoms with E-state index >= 15 is 0 Å². The van der Waals surface area contributed by atoms with E-state index in [0.29, 0.717) is 0 Å². The molecule has 1 aromatic heterocycles. The maximum absolute atomic E-state index is 5.52. The van der Waals surface area contributed by atoms with Gasteiger partial charge in [-0.25, -0.2) is 4.98 Å². The second-order valence-corrected chi connectivity index (χ2v) is 6.18. The first-order valence-corrected chi connectivity index (χ1v) is 8.00. The van der Waals surface area contributed by atoms with Gasteiger partial charge in [0.25, 0.3) is 0 Å². The molecule has 116 valence electrons. The van der Waals surface area contributed by atoms with Gasteiger partial charge in [-0.1, -0.05) is 11.2 Å². The van der Waals surface area contributed by atoms with Crippen LogP contribution in [-0.4, -0.2) is 21.5 Å². The summed E-state index contributed by atoms with van der Waals surface area (Å²) in [5, 5.41) is 4.39. The highest BCUT2D eigenvalue weighted by atomic mass is 16.6. The summed E-state index contributed by atoms with van der Waals surface area (Å²) in [6.07, 6.45) is 10.4. The van der Waals surface area contributed by atoms with Crippen LogP contribution in [0.3, 0.4) is 0 Å². The van der Waals surface area contributed by atoms with Crippen molar-refractivity contribution < 1.29 is 4.84 Å². The molecule has 1 heterocycles. The third-order valence-electron chi connectivity index (χ3n) is 4.03. The lowest BCUT2D eigenvalue weighted by Crippen LogP contribution is -2.17. The topological polar surface area (TPSA) is 39.4 Å². The molecule has 0 amide bonds. The van der Waals surface area contributed by atoms with Crippen molar-refractivity contribution in [1.82, 2.24) is 9.55 Å². The second-order valence-electron chi connectivity index (χ2n) is 6.18. The van der Waals surface area contributed by atoms with Crippen molar-refractivity contribution in [3.8, 4) is 0 Å². The molecule has 0 bridgehead atoms. The van der Waals surface area contributed by atoms with Crippen molar-refractivity contribution >= 4 is 5.84 Å². The number of rotatable bonds is 3. The number of fused-ring (bicyclic) bond motifs is 1. The third kappa shape index (κ3) is 3.06. The lowest BCUT2D eigenvalue weighted by molar-refractivity contribution is 0.0853. The predicted molar refractivity (Wildman–Crippen MR) is 88.2 cm³/mol.